The molecule has 1 N–H and O–H groups in total. The number of nitrogens with one attached hydrogen (secondary N) is 1. The van der Waals surface area contributed by atoms with E-state index in [2.05, 4.69) is 5.32 Å². The first-order valence-electron chi connectivity index (χ1n) is 8.30. The van der Waals surface area contributed by atoms with Crippen molar-refractivity contribution in [1.82, 2.24) is 0 Å². The van der Waals surface area contributed by atoms with Gasteiger partial charge in [-0.25, -0.2) is 0 Å². The molecule has 152 valence electrons. The van der Waals surface area contributed by atoms with Crippen LogP contribution in [0.15, 0.2) is 42.0 Å². The Labute approximate surface area is 179 Å². The molecule has 0 heterocycles. The normalized spacial score (nSPS) is 11.6. The van der Waals surface area contributed by atoms with Crippen LogP contribution in [-0.4, -0.2) is 19.6 Å². The molecule has 0 saturated heterocycles. The van der Waals surface area contributed by atoms with Gasteiger partial charge in [-0.15, -0.1) is 0 Å². The number of nitrogens with zero attached hydrogens (tertiary/aromatic N) is 1. The Balaban J connectivity index is 2.33. The second-order valence-electron chi connectivity index (χ2n) is 5.67. The second kappa shape index (κ2) is 9.65. The maximum absolute atomic E-state index is 12.8. The lowest BCUT2D eigenvalue weighted by atomic mass is 10.1. The van der Waals surface area contributed by atoms with Crippen LogP contribution in [0.3, 0.4) is 0 Å². The third-order valence-corrected chi connectivity index (χ3v) is 4.46. The van der Waals surface area contributed by atoms with Crippen molar-refractivity contribution in [3.8, 4) is 17.6 Å². The standard InChI is InChI=1S/C20H16F3IN2O3/c1-3-29-17-9-12(8-16(24)18(17)28-2)7-13(11-25)19(27)26-15-6-4-5-14(10-15)20(21,22)23/h4-10H,3H2,1-2H3,(H,26,27)/b13-7+. The summed E-state index contributed by atoms with van der Waals surface area (Å²) in [6, 6.07) is 9.25. The highest BCUT2D eigenvalue weighted by Crippen LogP contribution is 2.35. The number of methoxy groups -OCH3 is 1. The number of rotatable bonds is 6. The van der Waals surface area contributed by atoms with Gasteiger partial charge in [0.05, 0.1) is 22.9 Å². The van der Waals surface area contributed by atoms with Gasteiger partial charge in [0.2, 0.25) is 0 Å². The van der Waals surface area contributed by atoms with Gasteiger partial charge in [-0.05, 0) is 71.5 Å². The third-order valence-electron chi connectivity index (χ3n) is 3.66. The van der Waals surface area contributed by atoms with E-state index in [0.717, 1.165) is 12.1 Å². The zero-order valence-corrected chi connectivity index (χ0v) is 17.6. The molecule has 0 bridgehead atoms. The summed E-state index contributed by atoms with van der Waals surface area (Å²) in [4.78, 5) is 12.4. The first-order chi connectivity index (χ1) is 13.7. The number of nitriles is 1. The van der Waals surface area contributed by atoms with Gasteiger partial charge in [-0.1, -0.05) is 6.07 Å². The molecule has 0 atom stereocenters. The van der Waals surface area contributed by atoms with Crippen molar-refractivity contribution in [2.24, 2.45) is 0 Å². The van der Waals surface area contributed by atoms with E-state index in [-0.39, 0.29) is 11.3 Å². The van der Waals surface area contributed by atoms with Gasteiger partial charge >= 0.3 is 6.18 Å². The molecule has 2 aromatic rings. The summed E-state index contributed by atoms with van der Waals surface area (Å²) in [7, 11) is 1.50. The molecule has 1 amide bonds. The summed E-state index contributed by atoms with van der Waals surface area (Å²) < 4.78 is 50.0. The van der Waals surface area contributed by atoms with E-state index >= 15 is 0 Å². The summed E-state index contributed by atoms with van der Waals surface area (Å²) in [5, 5.41) is 11.7. The van der Waals surface area contributed by atoms with Crippen LogP contribution in [0.2, 0.25) is 0 Å². The van der Waals surface area contributed by atoms with Gasteiger partial charge in [0.1, 0.15) is 11.6 Å². The van der Waals surface area contributed by atoms with Crippen LogP contribution in [0.1, 0.15) is 18.1 Å². The van der Waals surface area contributed by atoms with Crippen molar-refractivity contribution >= 4 is 40.3 Å². The van der Waals surface area contributed by atoms with Gasteiger partial charge in [0, 0.05) is 5.69 Å². The molecular weight excluding hydrogens is 500 g/mol. The number of ether oxygens (including phenoxy) is 2. The van der Waals surface area contributed by atoms with Crippen molar-refractivity contribution < 1.29 is 27.4 Å². The van der Waals surface area contributed by atoms with Crippen LogP contribution in [0.25, 0.3) is 6.08 Å². The van der Waals surface area contributed by atoms with E-state index in [4.69, 9.17) is 9.47 Å². The minimum Gasteiger partial charge on any atom is -0.492 e. The molecule has 2 rings (SSSR count). The average Bonchev–Trinajstić information content (AvgIpc) is 2.65. The van der Waals surface area contributed by atoms with E-state index in [0.29, 0.717) is 27.2 Å². The van der Waals surface area contributed by atoms with Crippen LogP contribution in [0, 0.1) is 14.9 Å². The smallest absolute Gasteiger partial charge is 0.416 e. The van der Waals surface area contributed by atoms with Crippen LogP contribution < -0.4 is 14.8 Å². The number of carbonyl (C=O) groups excluding carboxylic acids is 1. The molecule has 0 aliphatic carbocycles. The van der Waals surface area contributed by atoms with E-state index in [9.17, 15) is 23.2 Å². The SMILES string of the molecule is CCOc1cc(/C=C(\C#N)C(=O)Nc2cccc(C(F)(F)F)c2)cc(I)c1OC. The molecule has 0 fully saturated rings. The van der Waals surface area contributed by atoms with Crippen LogP contribution in [0.4, 0.5) is 18.9 Å². The average molecular weight is 516 g/mol. The highest BCUT2D eigenvalue weighted by molar-refractivity contribution is 14.1. The maximum Gasteiger partial charge on any atom is 0.416 e. The van der Waals surface area contributed by atoms with E-state index in [1.54, 1.807) is 25.1 Å². The van der Waals surface area contributed by atoms with Gasteiger partial charge in [0.25, 0.3) is 5.91 Å². The minimum atomic E-state index is -4.54. The Morgan fingerprint density at radius 1 is 1.31 bits per heavy atom. The summed E-state index contributed by atoms with van der Waals surface area (Å²) in [6.07, 6.45) is -3.21. The highest BCUT2D eigenvalue weighted by atomic mass is 127. The first-order valence-corrected chi connectivity index (χ1v) is 9.38. The van der Waals surface area contributed by atoms with Gasteiger partial charge in [-0.2, -0.15) is 18.4 Å². The summed E-state index contributed by atoms with van der Waals surface area (Å²) in [5.74, 6) is 0.149. The largest absolute Gasteiger partial charge is 0.492 e. The zero-order chi connectivity index (χ0) is 21.6. The lowest BCUT2D eigenvalue weighted by Gasteiger charge is -2.12. The molecule has 0 spiro atoms. The number of benzene rings is 2. The van der Waals surface area contributed by atoms with Crippen molar-refractivity contribution in [2.45, 2.75) is 13.1 Å². The maximum atomic E-state index is 12.8. The van der Waals surface area contributed by atoms with Crippen molar-refractivity contribution in [3.05, 3.63) is 56.7 Å². The van der Waals surface area contributed by atoms with Crippen LogP contribution >= 0.6 is 22.6 Å². The van der Waals surface area contributed by atoms with Crippen molar-refractivity contribution in [2.75, 3.05) is 19.0 Å². The van der Waals surface area contributed by atoms with E-state index in [1.807, 2.05) is 22.6 Å². The Morgan fingerprint density at radius 3 is 2.62 bits per heavy atom. The predicted octanol–water partition coefficient (Wildman–Crippen LogP) is 5.26. The number of halogens is 4. The van der Waals surface area contributed by atoms with Gasteiger partial charge < -0.3 is 14.8 Å². The quantitative estimate of drug-likeness (QED) is 0.323. The monoisotopic (exact) mass is 516 g/mol. The van der Waals surface area contributed by atoms with Crippen LogP contribution in [-0.2, 0) is 11.0 Å². The Kier molecular flexibility index (Phi) is 7.50. The Hall–Kier alpha value is -2.74. The first kappa shape index (κ1) is 22.5. The summed E-state index contributed by atoms with van der Waals surface area (Å²) >= 11 is 2.03. The molecule has 9 heteroatoms. The van der Waals surface area contributed by atoms with Gasteiger partial charge in [0.15, 0.2) is 11.5 Å². The molecule has 29 heavy (non-hydrogen) atoms. The molecule has 0 saturated carbocycles. The number of hydrogen-bond donors (Lipinski definition) is 1. The minimum absolute atomic E-state index is 0.0645. The van der Waals surface area contributed by atoms with Crippen molar-refractivity contribution in [3.63, 3.8) is 0 Å². The molecule has 0 radical (unpaired) electrons. The molecular formula is C20H16F3IN2O3. The van der Waals surface area contributed by atoms with E-state index < -0.39 is 17.6 Å². The Morgan fingerprint density at radius 2 is 2.03 bits per heavy atom. The molecule has 0 aromatic heterocycles. The fourth-order valence-electron chi connectivity index (χ4n) is 2.42. The summed E-state index contributed by atoms with van der Waals surface area (Å²) in [6.45, 7) is 2.19. The molecule has 0 aliphatic rings. The lowest BCUT2D eigenvalue weighted by molar-refractivity contribution is -0.137. The number of amides is 1. The zero-order valence-electron chi connectivity index (χ0n) is 15.4. The molecule has 0 unspecified atom stereocenters. The predicted molar refractivity (Wildman–Crippen MR) is 111 cm³/mol. The van der Waals surface area contributed by atoms with E-state index in [1.165, 1.54) is 25.3 Å². The summed E-state index contributed by atoms with van der Waals surface area (Å²) in [5.41, 5.74) is -0.727. The number of alkyl halides is 3. The second-order valence-corrected chi connectivity index (χ2v) is 6.83. The molecule has 2 aromatic carbocycles. The fraction of sp³-hybridized carbons (Fsp3) is 0.200. The molecule has 0 aliphatic heterocycles. The van der Waals surface area contributed by atoms with Crippen LogP contribution in [0.5, 0.6) is 11.5 Å². The number of hydrogen-bond acceptors (Lipinski definition) is 4. The van der Waals surface area contributed by atoms with Gasteiger partial charge in [-0.3, -0.25) is 4.79 Å². The fourth-order valence-corrected chi connectivity index (χ4v) is 3.26. The number of anilines is 1. The molecule has 5 nitrogen and oxygen atoms in total. The third kappa shape index (κ3) is 5.87. The highest BCUT2D eigenvalue weighted by Gasteiger charge is 2.30. The lowest BCUT2D eigenvalue weighted by Crippen LogP contribution is -2.14. The van der Waals surface area contributed by atoms with Crippen molar-refractivity contribution in [1.29, 1.82) is 5.26 Å². The Bertz CT molecular complexity index is 982. The topological polar surface area (TPSA) is 71.3 Å². The number of carbonyl (C=O) groups is 1.